The highest BCUT2D eigenvalue weighted by Crippen LogP contribution is 2.29. The van der Waals surface area contributed by atoms with E-state index >= 15 is 0 Å². The molecule has 0 aromatic rings. The third kappa shape index (κ3) is 7.73. The molecule has 0 spiro atoms. The summed E-state index contributed by atoms with van der Waals surface area (Å²) < 4.78 is 13.0. The number of carbonyl (C=O) groups excluding carboxylic acids is 3. The molecular formula is C15H22Cl3NO7. The second kappa shape index (κ2) is 9.82. The van der Waals surface area contributed by atoms with Crippen LogP contribution >= 0.6 is 34.8 Å². The fourth-order valence-electron chi connectivity index (χ4n) is 2.26. The number of ether oxygens (including phenoxy) is 3. The number of alkyl halides is 3. The number of esters is 2. The molecule has 150 valence electrons. The molecule has 8 nitrogen and oxygen atoms in total. The topological polar surface area (TPSA) is 111 Å². The maximum Gasteiger partial charge on any atom is 0.408 e. The smallest absolute Gasteiger partial charge is 0.408 e. The highest BCUT2D eigenvalue weighted by Gasteiger charge is 2.48. The van der Waals surface area contributed by atoms with Gasteiger partial charge in [0.1, 0.15) is 18.2 Å². The second-order valence-electron chi connectivity index (χ2n) is 6.15. The number of hydrogen-bond acceptors (Lipinski definition) is 7. The summed E-state index contributed by atoms with van der Waals surface area (Å²) in [5.41, 5.74) is -1.39. The minimum Gasteiger partial charge on any atom is -0.464 e. The molecule has 1 unspecified atom stereocenters. The molecule has 0 radical (unpaired) electrons. The highest BCUT2D eigenvalue weighted by molar-refractivity contribution is 6.67. The van der Waals surface area contributed by atoms with Crippen LogP contribution in [0.1, 0.15) is 39.5 Å². The van der Waals surface area contributed by atoms with Crippen molar-refractivity contribution in [3.05, 3.63) is 0 Å². The van der Waals surface area contributed by atoms with E-state index in [0.717, 1.165) is 6.42 Å². The average Bonchev–Trinajstić information content (AvgIpc) is 2.78. The molecule has 11 heteroatoms. The molecule has 0 saturated carbocycles. The molecule has 26 heavy (non-hydrogen) atoms. The van der Waals surface area contributed by atoms with Gasteiger partial charge in [-0.2, -0.15) is 0 Å². The molecule has 1 aliphatic rings. The van der Waals surface area contributed by atoms with Crippen molar-refractivity contribution >= 4 is 52.8 Å². The Morgan fingerprint density at radius 2 is 2.08 bits per heavy atom. The van der Waals surface area contributed by atoms with Gasteiger partial charge in [0.25, 0.3) is 0 Å². The predicted octanol–water partition coefficient (Wildman–Crippen LogP) is 2.25. The monoisotopic (exact) mass is 433 g/mol. The fraction of sp³-hybridized carbons (Fsp3) is 0.800. The number of aliphatic hydroxyl groups is 1. The maximum atomic E-state index is 12.0. The van der Waals surface area contributed by atoms with Crippen molar-refractivity contribution in [3.8, 4) is 0 Å². The molecule has 0 aromatic carbocycles. The normalized spacial score (nSPS) is 23.9. The van der Waals surface area contributed by atoms with Crippen LogP contribution in [0.15, 0.2) is 0 Å². The highest BCUT2D eigenvalue weighted by atomic mass is 35.6. The summed E-state index contributed by atoms with van der Waals surface area (Å²) in [4.78, 5) is 35.4. The zero-order valence-corrected chi connectivity index (χ0v) is 16.7. The number of hydrogen-bond donors (Lipinski definition) is 2. The minimum atomic E-state index is -1.78. The van der Waals surface area contributed by atoms with E-state index in [1.54, 1.807) is 0 Å². The maximum absolute atomic E-state index is 12.0. The summed E-state index contributed by atoms with van der Waals surface area (Å²) in [6, 6.07) is 0. The molecule has 0 bridgehead atoms. The summed E-state index contributed by atoms with van der Waals surface area (Å²) in [7, 11) is 0. The van der Waals surface area contributed by atoms with Gasteiger partial charge in [-0.25, -0.2) is 14.4 Å². The van der Waals surface area contributed by atoms with Gasteiger partial charge in [-0.3, -0.25) is 0 Å². The van der Waals surface area contributed by atoms with E-state index in [2.05, 4.69) is 5.32 Å². The van der Waals surface area contributed by atoms with Crippen LogP contribution < -0.4 is 5.32 Å². The van der Waals surface area contributed by atoms with E-state index in [1.165, 1.54) is 6.92 Å². The first-order chi connectivity index (χ1) is 12.0. The van der Waals surface area contributed by atoms with Gasteiger partial charge in [-0.05, 0) is 13.3 Å². The largest absolute Gasteiger partial charge is 0.464 e. The van der Waals surface area contributed by atoms with Crippen molar-refractivity contribution in [1.29, 1.82) is 0 Å². The lowest BCUT2D eigenvalue weighted by Gasteiger charge is -2.21. The van der Waals surface area contributed by atoms with Gasteiger partial charge >= 0.3 is 18.0 Å². The molecule has 2 N–H and O–H groups in total. The first kappa shape index (κ1) is 23.1. The van der Waals surface area contributed by atoms with Crippen LogP contribution in [0.25, 0.3) is 0 Å². The summed E-state index contributed by atoms with van der Waals surface area (Å²) in [6.07, 6.45) is -1.73. The van der Waals surface area contributed by atoms with Gasteiger partial charge in [0.2, 0.25) is 3.79 Å². The Labute approximate surface area is 166 Å². The lowest BCUT2D eigenvalue weighted by atomic mass is 9.95. The number of cyclic esters (lactones) is 1. The number of carbonyl (C=O) groups is 3. The number of nitrogens with one attached hydrogen (secondary N) is 1. The summed E-state index contributed by atoms with van der Waals surface area (Å²) >= 11 is 16.4. The van der Waals surface area contributed by atoms with Crippen molar-refractivity contribution in [2.45, 2.75) is 61.1 Å². The Morgan fingerprint density at radius 3 is 2.65 bits per heavy atom. The third-order valence-electron chi connectivity index (χ3n) is 3.61. The summed E-state index contributed by atoms with van der Waals surface area (Å²) in [6.45, 7) is 3.08. The number of unbranched alkanes of at least 4 members (excludes halogenated alkanes) is 1. The Morgan fingerprint density at radius 1 is 1.42 bits per heavy atom. The molecule has 0 aliphatic carbocycles. The van der Waals surface area contributed by atoms with Crippen LogP contribution in [0.4, 0.5) is 4.79 Å². The molecule has 1 rings (SSSR count). The van der Waals surface area contributed by atoms with E-state index in [1.807, 2.05) is 6.92 Å². The Hall–Kier alpha value is -0.960. The first-order valence-corrected chi connectivity index (χ1v) is 9.17. The number of aliphatic hydroxyl groups excluding tert-OH is 1. The van der Waals surface area contributed by atoms with Crippen LogP contribution in [0, 0.1) is 0 Å². The number of alkyl carbamates (subject to hydrolysis) is 1. The quantitative estimate of drug-likeness (QED) is 0.261. The molecule has 3 atom stereocenters. The van der Waals surface area contributed by atoms with Crippen molar-refractivity contribution in [2.75, 3.05) is 13.2 Å². The minimum absolute atomic E-state index is 0.0357. The Kier molecular flexibility index (Phi) is 8.72. The van der Waals surface area contributed by atoms with E-state index in [0.29, 0.717) is 6.42 Å². The zero-order chi connectivity index (χ0) is 20.0. The van der Waals surface area contributed by atoms with Crippen molar-refractivity contribution in [2.24, 2.45) is 0 Å². The van der Waals surface area contributed by atoms with Crippen molar-refractivity contribution in [3.63, 3.8) is 0 Å². The van der Waals surface area contributed by atoms with Gasteiger partial charge in [0.05, 0.1) is 6.61 Å². The summed E-state index contributed by atoms with van der Waals surface area (Å²) in [5.74, 6) is -1.50. The van der Waals surface area contributed by atoms with Crippen molar-refractivity contribution in [1.82, 2.24) is 5.32 Å². The van der Waals surface area contributed by atoms with Crippen LogP contribution in [0.5, 0.6) is 0 Å². The fourth-order valence-corrected chi connectivity index (χ4v) is 2.43. The molecule has 1 heterocycles. The molecule has 0 aromatic heterocycles. The van der Waals surface area contributed by atoms with E-state index < -0.39 is 46.2 Å². The van der Waals surface area contributed by atoms with Crippen molar-refractivity contribution < 1.29 is 33.7 Å². The van der Waals surface area contributed by atoms with E-state index in [-0.39, 0.29) is 19.4 Å². The standard InChI is InChI=1S/C15H22Cl3NO7/c1-3-4-5-24-11(21)10(20)6-9-7-14(2,12(22)26-9)19-13(23)25-8-15(16,17)18/h9-10,20H,3-8H2,1-2H3,(H,19,23)/t9-,10?,14+/m1/s1. The summed E-state index contributed by atoms with van der Waals surface area (Å²) in [5, 5.41) is 12.2. The number of halogens is 3. The van der Waals surface area contributed by atoms with E-state index in [9.17, 15) is 19.5 Å². The first-order valence-electron chi connectivity index (χ1n) is 8.04. The predicted molar refractivity (Wildman–Crippen MR) is 94.2 cm³/mol. The average molecular weight is 435 g/mol. The van der Waals surface area contributed by atoms with Gasteiger partial charge in [0, 0.05) is 12.8 Å². The SMILES string of the molecule is CCCCOC(=O)C(O)C[C@@H]1C[C@](C)(NC(=O)OCC(Cl)(Cl)Cl)C(=O)O1. The molecule has 1 aliphatic heterocycles. The van der Waals surface area contributed by atoms with Crippen LogP contribution in [-0.2, 0) is 23.8 Å². The van der Waals surface area contributed by atoms with Gasteiger partial charge in [0.15, 0.2) is 6.10 Å². The van der Waals surface area contributed by atoms with Gasteiger partial charge < -0.3 is 24.6 Å². The molecule has 1 fully saturated rings. The number of rotatable bonds is 8. The van der Waals surface area contributed by atoms with Gasteiger partial charge in [-0.1, -0.05) is 48.1 Å². The molecular weight excluding hydrogens is 413 g/mol. The zero-order valence-electron chi connectivity index (χ0n) is 14.4. The second-order valence-corrected chi connectivity index (χ2v) is 8.67. The van der Waals surface area contributed by atoms with Gasteiger partial charge in [-0.15, -0.1) is 0 Å². The van der Waals surface area contributed by atoms with Crippen LogP contribution in [0.2, 0.25) is 0 Å². The number of amides is 1. The molecule has 1 saturated heterocycles. The third-order valence-corrected chi connectivity index (χ3v) is 3.93. The van der Waals surface area contributed by atoms with Crippen LogP contribution in [-0.4, -0.2) is 57.9 Å². The van der Waals surface area contributed by atoms with E-state index in [4.69, 9.17) is 49.0 Å². The Bertz CT molecular complexity index is 526. The molecule has 1 amide bonds. The Balaban J connectivity index is 2.50. The van der Waals surface area contributed by atoms with Crippen LogP contribution in [0.3, 0.4) is 0 Å². The lowest BCUT2D eigenvalue weighted by molar-refractivity contribution is -0.157. The lowest BCUT2D eigenvalue weighted by Crippen LogP contribution is -2.50.